The van der Waals surface area contributed by atoms with Crippen LogP contribution in [0.1, 0.15) is 11.4 Å². The van der Waals surface area contributed by atoms with Crippen LogP contribution >= 0.6 is 11.8 Å². The molecule has 0 saturated heterocycles. The maximum absolute atomic E-state index is 13.6. The molecule has 0 spiro atoms. The van der Waals surface area contributed by atoms with E-state index in [1.165, 1.54) is 6.07 Å². The normalized spacial score (nSPS) is 11.0. The Morgan fingerprint density at radius 2 is 2.08 bits per heavy atom. The molecule has 1 N–H and O–H groups in total. The zero-order valence-electron chi connectivity index (χ0n) is 13.5. The molecule has 0 bridgehead atoms. The van der Waals surface area contributed by atoms with Crippen LogP contribution in [0.4, 0.5) is 10.1 Å². The Kier molecular flexibility index (Phi) is 4.85. The van der Waals surface area contributed by atoms with E-state index in [1.807, 2.05) is 35.1 Å². The van der Waals surface area contributed by atoms with Gasteiger partial charge in [-0.3, -0.25) is 4.79 Å². The Morgan fingerprint density at radius 3 is 2.83 bits per heavy atom. The minimum atomic E-state index is -0.330. The third kappa shape index (κ3) is 3.43. The summed E-state index contributed by atoms with van der Waals surface area (Å²) in [6.45, 7) is 1.83. The first-order chi connectivity index (χ1) is 11.6. The van der Waals surface area contributed by atoms with Crippen molar-refractivity contribution in [1.82, 2.24) is 9.55 Å². The van der Waals surface area contributed by atoms with Gasteiger partial charge in [-0.05, 0) is 43.0 Å². The summed E-state index contributed by atoms with van der Waals surface area (Å²) in [5, 5.41) is 2.75. The van der Waals surface area contributed by atoms with Crippen molar-refractivity contribution >= 4 is 34.4 Å². The number of para-hydroxylation sites is 2. The van der Waals surface area contributed by atoms with Gasteiger partial charge in [0.2, 0.25) is 5.91 Å². The molecule has 4 nitrogen and oxygen atoms in total. The van der Waals surface area contributed by atoms with Crippen molar-refractivity contribution in [2.24, 2.45) is 0 Å². The van der Waals surface area contributed by atoms with E-state index in [1.54, 1.807) is 30.8 Å². The van der Waals surface area contributed by atoms with Gasteiger partial charge in [-0.2, -0.15) is 11.8 Å². The van der Waals surface area contributed by atoms with Crippen LogP contribution in [0.5, 0.6) is 0 Å². The van der Waals surface area contributed by atoms with Crippen LogP contribution in [0.15, 0.2) is 42.5 Å². The lowest BCUT2D eigenvalue weighted by molar-refractivity contribution is -0.116. The Hall–Kier alpha value is -2.34. The maximum atomic E-state index is 13.6. The number of fused-ring (bicyclic) bond motifs is 1. The number of rotatable bonds is 5. The Bertz CT molecular complexity index is 891. The van der Waals surface area contributed by atoms with E-state index in [0.717, 1.165) is 22.6 Å². The smallest absolute Gasteiger partial charge is 0.244 e. The first-order valence-corrected chi connectivity index (χ1v) is 8.97. The average molecular weight is 343 g/mol. The van der Waals surface area contributed by atoms with Crippen LogP contribution in [0.3, 0.4) is 0 Å². The summed E-state index contributed by atoms with van der Waals surface area (Å²) < 4.78 is 15.5. The second-order valence-corrected chi connectivity index (χ2v) is 6.41. The number of nitrogens with zero attached hydrogens (tertiary/aromatic N) is 2. The molecule has 0 aliphatic carbocycles. The summed E-state index contributed by atoms with van der Waals surface area (Å²) in [6, 6.07) is 12.4. The molecule has 0 fully saturated rings. The monoisotopic (exact) mass is 343 g/mol. The quantitative estimate of drug-likeness (QED) is 0.762. The number of hydrogen-bond acceptors (Lipinski definition) is 3. The predicted octanol–water partition coefficient (Wildman–Crippen LogP) is 3.99. The molecule has 1 aromatic heterocycles. The minimum absolute atomic E-state index is 0.145. The van der Waals surface area contributed by atoms with E-state index in [2.05, 4.69) is 10.3 Å². The van der Waals surface area contributed by atoms with Gasteiger partial charge in [-0.15, -0.1) is 0 Å². The summed E-state index contributed by atoms with van der Waals surface area (Å²) in [5.41, 5.74) is 2.80. The Morgan fingerprint density at radius 1 is 1.29 bits per heavy atom. The third-order valence-electron chi connectivity index (χ3n) is 3.76. The molecule has 2 aromatic carbocycles. The van der Waals surface area contributed by atoms with E-state index >= 15 is 0 Å². The van der Waals surface area contributed by atoms with Crippen LogP contribution in [0.25, 0.3) is 11.0 Å². The lowest BCUT2D eigenvalue weighted by Crippen LogP contribution is -2.20. The van der Waals surface area contributed by atoms with E-state index in [9.17, 15) is 9.18 Å². The van der Waals surface area contributed by atoms with Crippen molar-refractivity contribution in [2.75, 3.05) is 11.6 Å². The van der Waals surface area contributed by atoms with E-state index in [0.29, 0.717) is 11.3 Å². The molecule has 0 radical (unpaired) electrons. The summed E-state index contributed by atoms with van der Waals surface area (Å²) >= 11 is 1.65. The predicted molar refractivity (Wildman–Crippen MR) is 96.7 cm³/mol. The molecule has 1 amide bonds. The van der Waals surface area contributed by atoms with Gasteiger partial charge in [0.05, 0.1) is 16.8 Å². The van der Waals surface area contributed by atoms with Gasteiger partial charge in [-0.1, -0.05) is 18.2 Å². The molecule has 3 aromatic rings. The Balaban J connectivity index is 1.84. The number of imidazole rings is 1. The van der Waals surface area contributed by atoms with Gasteiger partial charge < -0.3 is 9.88 Å². The fourth-order valence-electron chi connectivity index (χ4n) is 2.56. The van der Waals surface area contributed by atoms with Gasteiger partial charge >= 0.3 is 0 Å². The standard InChI is InChI=1S/C18H18FN3OS/c1-12-7-8-13(9-14(12)19)20-18(23)10-22-16-6-4-3-5-15(16)21-17(22)11-24-2/h3-9H,10-11H2,1-2H3,(H,20,23). The zero-order chi connectivity index (χ0) is 17.1. The van der Waals surface area contributed by atoms with Gasteiger partial charge in [-0.25, -0.2) is 9.37 Å². The summed E-state index contributed by atoms with van der Waals surface area (Å²) in [6.07, 6.45) is 2.00. The van der Waals surface area contributed by atoms with E-state index < -0.39 is 0 Å². The third-order valence-corrected chi connectivity index (χ3v) is 4.31. The lowest BCUT2D eigenvalue weighted by Gasteiger charge is -2.10. The molecular weight excluding hydrogens is 325 g/mol. The number of benzene rings is 2. The number of hydrogen-bond donors (Lipinski definition) is 1. The van der Waals surface area contributed by atoms with Crippen LogP contribution < -0.4 is 5.32 Å². The number of nitrogens with one attached hydrogen (secondary N) is 1. The molecule has 0 saturated carbocycles. The van der Waals surface area contributed by atoms with Crippen LogP contribution in [-0.2, 0) is 17.1 Å². The number of aryl methyl sites for hydroxylation is 1. The van der Waals surface area contributed by atoms with E-state index in [-0.39, 0.29) is 18.3 Å². The minimum Gasteiger partial charge on any atom is -0.324 e. The van der Waals surface area contributed by atoms with Crippen molar-refractivity contribution in [3.8, 4) is 0 Å². The molecule has 0 unspecified atom stereocenters. The highest BCUT2D eigenvalue weighted by Gasteiger charge is 2.13. The highest BCUT2D eigenvalue weighted by atomic mass is 32.2. The first kappa shape index (κ1) is 16.5. The van der Waals surface area contributed by atoms with Crippen molar-refractivity contribution in [3.05, 3.63) is 59.7 Å². The average Bonchev–Trinajstić information content (AvgIpc) is 2.89. The van der Waals surface area contributed by atoms with Gasteiger partial charge in [0.25, 0.3) is 0 Å². The highest BCUT2D eigenvalue weighted by Crippen LogP contribution is 2.19. The van der Waals surface area contributed by atoms with Crippen molar-refractivity contribution < 1.29 is 9.18 Å². The molecule has 0 atom stereocenters. The first-order valence-electron chi connectivity index (χ1n) is 7.57. The zero-order valence-corrected chi connectivity index (χ0v) is 14.4. The van der Waals surface area contributed by atoms with Gasteiger partial charge in [0.15, 0.2) is 0 Å². The highest BCUT2D eigenvalue weighted by molar-refractivity contribution is 7.97. The van der Waals surface area contributed by atoms with Crippen LogP contribution in [-0.4, -0.2) is 21.7 Å². The number of halogens is 1. The summed E-state index contributed by atoms with van der Waals surface area (Å²) in [4.78, 5) is 17.0. The largest absolute Gasteiger partial charge is 0.324 e. The molecule has 124 valence electrons. The van der Waals surface area contributed by atoms with Gasteiger partial charge in [0.1, 0.15) is 18.2 Å². The second-order valence-electron chi connectivity index (χ2n) is 5.55. The molecule has 1 heterocycles. The number of carbonyl (C=O) groups excluding carboxylic acids is 1. The molecular formula is C18H18FN3OS. The lowest BCUT2D eigenvalue weighted by atomic mass is 10.2. The van der Waals surface area contributed by atoms with E-state index in [4.69, 9.17) is 0 Å². The molecule has 24 heavy (non-hydrogen) atoms. The van der Waals surface area contributed by atoms with Crippen LogP contribution in [0.2, 0.25) is 0 Å². The van der Waals surface area contributed by atoms with Crippen molar-refractivity contribution in [3.63, 3.8) is 0 Å². The number of anilines is 1. The topological polar surface area (TPSA) is 46.9 Å². The number of aromatic nitrogens is 2. The van der Waals surface area contributed by atoms with Gasteiger partial charge in [0, 0.05) is 5.69 Å². The van der Waals surface area contributed by atoms with Crippen LogP contribution in [0, 0.1) is 12.7 Å². The van der Waals surface area contributed by atoms with Crippen molar-refractivity contribution in [1.29, 1.82) is 0 Å². The second kappa shape index (κ2) is 7.05. The number of carbonyl (C=O) groups is 1. The SMILES string of the molecule is CSCc1nc2ccccc2n1CC(=O)Nc1ccc(C)c(F)c1. The van der Waals surface area contributed by atoms with Crippen molar-refractivity contribution in [2.45, 2.75) is 19.2 Å². The molecule has 3 rings (SSSR count). The summed E-state index contributed by atoms with van der Waals surface area (Å²) in [5.74, 6) is 1.04. The fourth-order valence-corrected chi connectivity index (χ4v) is 3.03. The molecule has 6 heteroatoms. The molecule has 0 aliphatic heterocycles. The Labute approximate surface area is 144 Å². The number of amides is 1. The summed E-state index contributed by atoms with van der Waals surface area (Å²) in [7, 11) is 0. The molecule has 0 aliphatic rings. The fraction of sp³-hybridized carbons (Fsp3) is 0.222. The maximum Gasteiger partial charge on any atom is 0.244 e. The number of thioether (sulfide) groups is 1.